The predicted octanol–water partition coefficient (Wildman–Crippen LogP) is 2.27. The van der Waals surface area contributed by atoms with Gasteiger partial charge in [0.2, 0.25) is 0 Å². The number of carbonyl (C=O) groups excluding carboxylic acids is 1. The molecule has 76 valence electrons. The maximum Gasteiger partial charge on any atom is 0.145 e. The molecule has 0 amide bonds. The summed E-state index contributed by atoms with van der Waals surface area (Å²) >= 11 is 1.82. The molecule has 1 fully saturated rings. The Hall–Kier alpha value is -0.0200. The van der Waals surface area contributed by atoms with E-state index in [0.29, 0.717) is 17.5 Å². The number of rotatable bonds is 4. The van der Waals surface area contributed by atoms with Gasteiger partial charge in [-0.2, -0.15) is 0 Å². The lowest BCUT2D eigenvalue weighted by Crippen LogP contribution is -2.22. The van der Waals surface area contributed by atoms with Crippen LogP contribution in [-0.4, -0.2) is 29.5 Å². The van der Waals surface area contributed by atoms with Crippen LogP contribution >= 0.6 is 11.8 Å². The first-order valence-corrected chi connectivity index (χ1v) is 5.94. The van der Waals surface area contributed by atoms with Crippen LogP contribution in [0.2, 0.25) is 0 Å². The molecule has 0 aromatic heterocycles. The van der Waals surface area contributed by atoms with E-state index < -0.39 is 0 Å². The fourth-order valence-electron chi connectivity index (χ4n) is 1.46. The summed E-state index contributed by atoms with van der Waals surface area (Å²) in [5.41, 5.74) is 0. The molecule has 0 radical (unpaired) electrons. The van der Waals surface area contributed by atoms with E-state index in [4.69, 9.17) is 4.74 Å². The van der Waals surface area contributed by atoms with Crippen molar-refractivity contribution in [3.63, 3.8) is 0 Å². The Balaban J connectivity index is 2.25. The fourth-order valence-corrected chi connectivity index (χ4v) is 2.82. The molecule has 1 aliphatic rings. The number of thioether (sulfide) groups is 1. The van der Waals surface area contributed by atoms with Crippen LogP contribution in [0.15, 0.2) is 0 Å². The first-order valence-electron chi connectivity index (χ1n) is 5.00. The number of carbonyl (C=O) groups is 1. The molecule has 0 aromatic rings. The highest BCUT2D eigenvalue weighted by atomic mass is 32.2. The van der Waals surface area contributed by atoms with Crippen LogP contribution in [0.4, 0.5) is 0 Å². The molecular weight excluding hydrogens is 184 g/mol. The van der Waals surface area contributed by atoms with Crippen molar-refractivity contribution in [1.82, 2.24) is 0 Å². The third-order valence-corrected chi connectivity index (χ3v) is 3.89. The maximum absolute atomic E-state index is 11.3. The van der Waals surface area contributed by atoms with E-state index in [1.54, 1.807) is 0 Å². The van der Waals surface area contributed by atoms with Crippen molar-refractivity contribution in [2.45, 2.75) is 43.6 Å². The van der Waals surface area contributed by atoms with Crippen molar-refractivity contribution in [3.8, 4) is 0 Å². The normalized spacial score (nSPS) is 21.4. The van der Waals surface area contributed by atoms with Gasteiger partial charge in [0.15, 0.2) is 0 Å². The summed E-state index contributed by atoms with van der Waals surface area (Å²) in [6, 6.07) is 0. The zero-order valence-corrected chi connectivity index (χ0v) is 9.23. The van der Waals surface area contributed by atoms with Gasteiger partial charge in [0.25, 0.3) is 0 Å². The lowest BCUT2D eigenvalue weighted by molar-refractivity contribution is -0.118. The summed E-state index contributed by atoms with van der Waals surface area (Å²) in [5.74, 6) is 0.372. The summed E-state index contributed by atoms with van der Waals surface area (Å²) in [5, 5.41) is 0.812. The first kappa shape index (κ1) is 11.1. The smallest absolute Gasteiger partial charge is 0.145 e. The van der Waals surface area contributed by atoms with Crippen LogP contribution in [0, 0.1) is 0 Å². The summed E-state index contributed by atoms with van der Waals surface area (Å²) < 4.78 is 5.27. The summed E-state index contributed by atoms with van der Waals surface area (Å²) in [4.78, 5) is 11.3. The Labute approximate surface area is 84.4 Å². The van der Waals surface area contributed by atoms with Gasteiger partial charge in [0.05, 0.1) is 5.25 Å². The SMILES string of the molecule is CCC(=O)C(C)SC1CCOCC1. The van der Waals surface area contributed by atoms with E-state index in [-0.39, 0.29) is 5.25 Å². The Kier molecular flexibility index (Phi) is 4.81. The molecule has 0 aromatic carbocycles. The number of Topliss-reactive ketones (excluding diaryl/α,β-unsaturated/α-hetero) is 1. The van der Waals surface area contributed by atoms with Gasteiger partial charge in [-0.1, -0.05) is 6.92 Å². The molecule has 1 unspecified atom stereocenters. The zero-order chi connectivity index (χ0) is 9.68. The van der Waals surface area contributed by atoms with Gasteiger partial charge in [-0.05, 0) is 19.8 Å². The highest BCUT2D eigenvalue weighted by Gasteiger charge is 2.20. The lowest BCUT2D eigenvalue weighted by Gasteiger charge is -2.23. The Morgan fingerprint density at radius 2 is 2.15 bits per heavy atom. The highest BCUT2D eigenvalue weighted by molar-refractivity contribution is 8.01. The number of hydrogen-bond donors (Lipinski definition) is 0. The van der Waals surface area contributed by atoms with Crippen molar-refractivity contribution < 1.29 is 9.53 Å². The van der Waals surface area contributed by atoms with Gasteiger partial charge in [-0.15, -0.1) is 11.8 Å². The summed E-state index contributed by atoms with van der Waals surface area (Å²) in [6.07, 6.45) is 2.87. The van der Waals surface area contributed by atoms with E-state index >= 15 is 0 Å². The van der Waals surface area contributed by atoms with Gasteiger partial charge in [0.1, 0.15) is 5.78 Å². The Morgan fingerprint density at radius 3 is 2.69 bits per heavy atom. The number of hydrogen-bond acceptors (Lipinski definition) is 3. The molecule has 1 saturated heterocycles. The largest absolute Gasteiger partial charge is 0.381 e. The van der Waals surface area contributed by atoms with E-state index in [2.05, 4.69) is 0 Å². The molecule has 0 N–H and O–H groups in total. The van der Waals surface area contributed by atoms with Crippen LogP contribution in [-0.2, 0) is 9.53 Å². The molecule has 0 spiro atoms. The molecule has 2 nitrogen and oxygen atoms in total. The molecule has 0 saturated carbocycles. The van der Waals surface area contributed by atoms with E-state index in [0.717, 1.165) is 26.1 Å². The molecule has 1 aliphatic heterocycles. The van der Waals surface area contributed by atoms with Crippen LogP contribution in [0.5, 0.6) is 0 Å². The average molecular weight is 202 g/mol. The third kappa shape index (κ3) is 3.69. The monoisotopic (exact) mass is 202 g/mol. The van der Waals surface area contributed by atoms with Gasteiger partial charge in [-0.3, -0.25) is 4.79 Å². The van der Waals surface area contributed by atoms with Crippen molar-refractivity contribution >= 4 is 17.5 Å². The van der Waals surface area contributed by atoms with Gasteiger partial charge >= 0.3 is 0 Å². The summed E-state index contributed by atoms with van der Waals surface area (Å²) in [6.45, 7) is 5.69. The number of ketones is 1. The topological polar surface area (TPSA) is 26.3 Å². The van der Waals surface area contributed by atoms with Crippen molar-refractivity contribution in [3.05, 3.63) is 0 Å². The van der Waals surface area contributed by atoms with E-state index in [9.17, 15) is 4.79 Å². The molecule has 3 heteroatoms. The van der Waals surface area contributed by atoms with Crippen LogP contribution in [0.1, 0.15) is 33.1 Å². The second kappa shape index (κ2) is 5.66. The first-order chi connectivity index (χ1) is 6.24. The van der Waals surface area contributed by atoms with E-state index in [1.807, 2.05) is 25.6 Å². The quantitative estimate of drug-likeness (QED) is 0.699. The lowest BCUT2D eigenvalue weighted by atomic mass is 10.2. The minimum Gasteiger partial charge on any atom is -0.381 e. The average Bonchev–Trinajstić information content (AvgIpc) is 2.18. The molecule has 0 aliphatic carbocycles. The molecule has 1 heterocycles. The van der Waals surface area contributed by atoms with Crippen LogP contribution < -0.4 is 0 Å². The van der Waals surface area contributed by atoms with Crippen molar-refractivity contribution in [2.75, 3.05) is 13.2 Å². The Bertz CT molecular complexity index is 164. The fraction of sp³-hybridized carbons (Fsp3) is 0.900. The molecule has 13 heavy (non-hydrogen) atoms. The zero-order valence-electron chi connectivity index (χ0n) is 8.41. The van der Waals surface area contributed by atoms with Gasteiger partial charge in [0, 0.05) is 24.9 Å². The minimum atomic E-state index is 0.174. The highest BCUT2D eigenvalue weighted by Crippen LogP contribution is 2.26. The van der Waals surface area contributed by atoms with Gasteiger partial charge < -0.3 is 4.74 Å². The molecule has 0 bridgehead atoms. The van der Waals surface area contributed by atoms with Crippen molar-refractivity contribution in [2.24, 2.45) is 0 Å². The predicted molar refractivity (Wildman–Crippen MR) is 56.2 cm³/mol. The van der Waals surface area contributed by atoms with Crippen LogP contribution in [0.3, 0.4) is 0 Å². The van der Waals surface area contributed by atoms with Gasteiger partial charge in [-0.25, -0.2) is 0 Å². The standard InChI is InChI=1S/C10H18O2S/c1-3-10(11)8(2)13-9-4-6-12-7-5-9/h8-9H,3-7H2,1-2H3. The molecular formula is C10H18O2S. The molecule has 1 atom stereocenters. The minimum absolute atomic E-state index is 0.174. The van der Waals surface area contributed by atoms with E-state index in [1.165, 1.54) is 0 Å². The molecule has 1 rings (SSSR count). The third-order valence-electron chi connectivity index (χ3n) is 2.37. The van der Waals surface area contributed by atoms with Crippen LogP contribution in [0.25, 0.3) is 0 Å². The van der Waals surface area contributed by atoms with Crippen molar-refractivity contribution in [1.29, 1.82) is 0 Å². The Morgan fingerprint density at radius 1 is 1.54 bits per heavy atom. The second-order valence-electron chi connectivity index (χ2n) is 3.41. The maximum atomic E-state index is 11.3. The summed E-state index contributed by atoms with van der Waals surface area (Å²) in [7, 11) is 0. The second-order valence-corrected chi connectivity index (χ2v) is 5.06. The number of ether oxygens (including phenoxy) is 1.